The molecule has 0 radical (unpaired) electrons. The number of hydrogen-bond donors (Lipinski definition) is 0. The molecular formula is C19H17N3O3. The van der Waals surface area contributed by atoms with Crippen molar-refractivity contribution >= 4 is 16.9 Å². The molecule has 6 heteroatoms. The molecule has 0 saturated carbocycles. The maximum atomic E-state index is 12.7. The van der Waals surface area contributed by atoms with Crippen molar-refractivity contribution in [1.29, 1.82) is 0 Å². The molecule has 0 aliphatic carbocycles. The van der Waals surface area contributed by atoms with E-state index in [-0.39, 0.29) is 23.0 Å². The lowest BCUT2D eigenvalue weighted by Crippen LogP contribution is -2.29. The fourth-order valence-electron chi connectivity index (χ4n) is 3.19. The molecule has 1 atom stereocenters. The van der Waals surface area contributed by atoms with Gasteiger partial charge in [-0.15, -0.1) is 0 Å². The Labute approximate surface area is 144 Å². The van der Waals surface area contributed by atoms with Gasteiger partial charge in [-0.2, -0.15) is 0 Å². The van der Waals surface area contributed by atoms with Gasteiger partial charge in [-0.1, -0.05) is 12.1 Å². The largest absolute Gasteiger partial charge is 0.451 e. The van der Waals surface area contributed by atoms with Crippen LogP contribution in [0.4, 0.5) is 0 Å². The summed E-state index contributed by atoms with van der Waals surface area (Å²) in [5.74, 6) is 0.679. The number of likely N-dealkylation sites (tertiary alicyclic amines) is 1. The van der Waals surface area contributed by atoms with Crippen LogP contribution in [0.3, 0.4) is 0 Å². The minimum atomic E-state index is -0.266. The van der Waals surface area contributed by atoms with Gasteiger partial charge in [0, 0.05) is 37.0 Å². The van der Waals surface area contributed by atoms with Gasteiger partial charge in [0.2, 0.25) is 0 Å². The monoisotopic (exact) mass is 335 g/mol. The third-order valence-corrected chi connectivity index (χ3v) is 4.50. The Morgan fingerprint density at radius 2 is 2.12 bits per heavy atom. The first-order valence-corrected chi connectivity index (χ1v) is 8.23. The van der Waals surface area contributed by atoms with E-state index >= 15 is 0 Å². The third-order valence-electron chi connectivity index (χ3n) is 4.50. The number of carbonyl (C=O) groups excluding carboxylic acids is 1. The summed E-state index contributed by atoms with van der Waals surface area (Å²) in [5.41, 5.74) is 1.13. The van der Waals surface area contributed by atoms with Crippen molar-refractivity contribution in [2.75, 3.05) is 13.1 Å². The Morgan fingerprint density at radius 1 is 1.28 bits per heavy atom. The van der Waals surface area contributed by atoms with Crippen LogP contribution < -0.4 is 5.43 Å². The Morgan fingerprint density at radius 3 is 2.96 bits per heavy atom. The zero-order valence-electron chi connectivity index (χ0n) is 13.8. The second-order valence-corrected chi connectivity index (χ2v) is 6.26. The summed E-state index contributed by atoms with van der Waals surface area (Å²) < 4.78 is 5.65. The molecule has 1 fully saturated rings. The maximum absolute atomic E-state index is 12.7. The minimum Gasteiger partial charge on any atom is -0.451 e. The van der Waals surface area contributed by atoms with Crippen LogP contribution in [0.1, 0.15) is 34.4 Å². The van der Waals surface area contributed by atoms with Crippen molar-refractivity contribution in [3.63, 3.8) is 0 Å². The molecule has 4 rings (SSSR count). The van der Waals surface area contributed by atoms with Crippen LogP contribution in [0.5, 0.6) is 0 Å². The quantitative estimate of drug-likeness (QED) is 0.719. The topological polar surface area (TPSA) is 76.3 Å². The summed E-state index contributed by atoms with van der Waals surface area (Å²) in [7, 11) is 0. The first-order valence-electron chi connectivity index (χ1n) is 8.23. The number of rotatable bonds is 2. The SMILES string of the molecule is Cc1ccnc([C@H]2CCN(C(=O)c3cc(=O)c4ccccc4o3)C2)n1. The van der Waals surface area contributed by atoms with Crippen molar-refractivity contribution in [2.24, 2.45) is 0 Å². The third kappa shape index (κ3) is 2.91. The van der Waals surface area contributed by atoms with Gasteiger partial charge in [0.1, 0.15) is 11.4 Å². The van der Waals surface area contributed by atoms with Gasteiger partial charge in [0.25, 0.3) is 5.91 Å². The zero-order chi connectivity index (χ0) is 17.4. The number of fused-ring (bicyclic) bond motifs is 1. The summed E-state index contributed by atoms with van der Waals surface area (Å²) >= 11 is 0. The Hall–Kier alpha value is -3.02. The van der Waals surface area contributed by atoms with E-state index in [0.29, 0.717) is 24.1 Å². The number of para-hydroxylation sites is 1. The van der Waals surface area contributed by atoms with Crippen LogP contribution in [0.15, 0.2) is 51.8 Å². The maximum Gasteiger partial charge on any atom is 0.289 e. The van der Waals surface area contributed by atoms with Crippen LogP contribution in [-0.4, -0.2) is 33.9 Å². The van der Waals surface area contributed by atoms with Gasteiger partial charge < -0.3 is 9.32 Å². The molecule has 3 aromatic rings. The predicted molar refractivity (Wildman–Crippen MR) is 92.5 cm³/mol. The molecule has 6 nitrogen and oxygen atoms in total. The van der Waals surface area contributed by atoms with Crippen molar-refractivity contribution in [2.45, 2.75) is 19.3 Å². The summed E-state index contributed by atoms with van der Waals surface area (Å²) in [6.07, 6.45) is 2.54. The summed E-state index contributed by atoms with van der Waals surface area (Å²) in [6, 6.07) is 10.1. The predicted octanol–water partition coefficient (Wildman–Crippen LogP) is 2.52. The highest BCUT2D eigenvalue weighted by Gasteiger charge is 2.31. The molecule has 0 spiro atoms. The number of benzene rings is 1. The smallest absolute Gasteiger partial charge is 0.289 e. The fraction of sp³-hybridized carbons (Fsp3) is 0.263. The lowest BCUT2D eigenvalue weighted by molar-refractivity contribution is 0.0759. The molecule has 1 amide bonds. The molecule has 2 aromatic heterocycles. The lowest BCUT2D eigenvalue weighted by Gasteiger charge is -2.15. The van der Waals surface area contributed by atoms with E-state index < -0.39 is 0 Å². The van der Waals surface area contributed by atoms with Crippen LogP contribution in [0.25, 0.3) is 11.0 Å². The van der Waals surface area contributed by atoms with Gasteiger partial charge in [-0.05, 0) is 31.5 Å². The van der Waals surface area contributed by atoms with Crippen molar-refractivity contribution in [1.82, 2.24) is 14.9 Å². The zero-order valence-corrected chi connectivity index (χ0v) is 13.8. The van der Waals surface area contributed by atoms with E-state index in [1.54, 1.807) is 35.4 Å². The molecule has 0 N–H and O–H groups in total. The Bertz CT molecular complexity index is 1010. The number of carbonyl (C=O) groups is 1. The second-order valence-electron chi connectivity index (χ2n) is 6.26. The number of hydrogen-bond acceptors (Lipinski definition) is 5. The van der Waals surface area contributed by atoms with Crippen molar-refractivity contribution in [3.05, 3.63) is 70.1 Å². The van der Waals surface area contributed by atoms with Gasteiger partial charge in [-0.25, -0.2) is 9.97 Å². The highest BCUT2D eigenvalue weighted by molar-refractivity contribution is 5.93. The van der Waals surface area contributed by atoms with Crippen molar-refractivity contribution < 1.29 is 9.21 Å². The van der Waals surface area contributed by atoms with Crippen LogP contribution in [0, 0.1) is 6.92 Å². The van der Waals surface area contributed by atoms with E-state index in [2.05, 4.69) is 9.97 Å². The Balaban J connectivity index is 1.59. The normalized spacial score (nSPS) is 17.2. The molecule has 1 aliphatic rings. The minimum absolute atomic E-state index is 0.0783. The number of amides is 1. The van der Waals surface area contributed by atoms with Crippen molar-refractivity contribution in [3.8, 4) is 0 Å². The molecule has 1 aliphatic heterocycles. The highest BCUT2D eigenvalue weighted by atomic mass is 16.3. The van der Waals surface area contributed by atoms with E-state index in [0.717, 1.165) is 17.9 Å². The number of nitrogens with zero attached hydrogens (tertiary/aromatic N) is 3. The summed E-state index contributed by atoms with van der Waals surface area (Å²) in [4.78, 5) is 35.4. The summed E-state index contributed by atoms with van der Waals surface area (Å²) in [5, 5.41) is 0.478. The number of aromatic nitrogens is 2. The Kier molecular flexibility index (Phi) is 3.80. The molecule has 0 unspecified atom stereocenters. The van der Waals surface area contributed by atoms with E-state index in [1.165, 1.54) is 6.07 Å². The van der Waals surface area contributed by atoms with Gasteiger partial charge >= 0.3 is 0 Å². The molecule has 1 aromatic carbocycles. The molecule has 3 heterocycles. The van der Waals surface area contributed by atoms with Crippen LogP contribution in [-0.2, 0) is 0 Å². The average Bonchev–Trinajstić information content (AvgIpc) is 3.11. The van der Waals surface area contributed by atoms with Gasteiger partial charge in [0.05, 0.1) is 5.39 Å². The summed E-state index contributed by atoms with van der Waals surface area (Å²) in [6.45, 7) is 3.04. The average molecular weight is 335 g/mol. The molecule has 1 saturated heterocycles. The molecule has 0 bridgehead atoms. The first kappa shape index (κ1) is 15.5. The van der Waals surface area contributed by atoms with Gasteiger partial charge in [0.15, 0.2) is 11.2 Å². The van der Waals surface area contributed by atoms with Crippen LogP contribution >= 0.6 is 0 Å². The molecular weight excluding hydrogens is 318 g/mol. The second kappa shape index (κ2) is 6.12. The molecule has 25 heavy (non-hydrogen) atoms. The fourth-order valence-corrected chi connectivity index (χ4v) is 3.19. The number of aryl methyl sites for hydroxylation is 1. The first-order chi connectivity index (χ1) is 12.1. The van der Waals surface area contributed by atoms with Crippen LogP contribution in [0.2, 0.25) is 0 Å². The standard InChI is InChI=1S/C19H17N3O3/c1-12-6-8-20-18(21-12)13-7-9-22(11-13)19(24)17-10-15(23)14-4-2-3-5-16(14)25-17/h2-6,8,10,13H,7,9,11H2,1H3/t13-/m0/s1. The highest BCUT2D eigenvalue weighted by Crippen LogP contribution is 2.26. The van der Waals surface area contributed by atoms with Gasteiger partial charge in [-0.3, -0.25) is 9.59 Å². The molecule has 126 valence electrons. The van der Waals surface area contributed by atoms with E-state index in [1.807, 2.05) is 13.0 Å². The van der Waals surface area contributed by atoms with E-state index in [9.17, 15) is 9.59 Å². The lowest BCUT2D eigenvalue weighted by atomic mass is 10.1. The van der Waals surface area contributed by atoms with E-state index in [4.69, 9.17) is 4.42 Å².